The highest BCUT2D eigenvalue weighted by molar-refractivity contribution is 7.90. The third kappa shape index (κ3) is 4.57. The number of Topliss-reactive ketones (excluding diaryl/α,β-unsaturated/α-hetero) is 1. The summed E-state index contributed by atoms with van der Waals surface area (Å²) in [4.78, 5) is 11.1. The van der Waals surface area contributed by atoms with Crippen molar-refractivity contribution >= 4 is 22.0 Å². The van der Waals surface area contributed by atoms with E-state index in [4.69, 9.17) is 4.18 Å². The zero-order valence-corrected chi connectivity index (χ0v) is 12.2. The minimum atomic E-state index is -3.83. The van der Waals surface area contributed by atoms with E-state index in [9.17, 15) is 13.2 Å². The maximum absolute atomic E-state index is 11.8. The van der Waals surface area contributed by atoms with E-state index >= 15 is 0 Å². The molecule has 0 atom stereocenters. The van der Waals surface area contributed by atoms with Gasteiger partial charge in [-0.25, -0.2) is 0 Å². The van der Waals surface area contributed by atoms with Gasteiger partial charge in [0.1, 0.15) is 5.75 Å². The summed E-state index contributed by atoms with van der Waals surface area (Å²) in [7, 11) is -3.83. The number of rotatable bonds is 5. The van der Waals surface area contributed by atoms with Crippen LogP contribution in [0, 0.1) is 0 Å². The highest BCUT2D eigenvalue weighted by atomic mass is 32.2. The molecule has 0 saturated carbocycles. The average Bonchev–Trinajstić information content (AvgIpc) is 2.46. The van der Waals surface area contributed by atoms with Crippen LogP contribution in [0.5, 0.6) is 5.75 Å². The fourth-order valence-corrected chi connectivity index (χ4v) is 2.39. The lowest BCUT2D eigenvalue weighted by atomic mass is 10.1. The first kappa shape index (κ1) is 15.0. The van der Waals surface area contributed by atoms with E-state index in [1.54, 1.807) is 12.1 Å². The van der Waals surface area contributed by atoms with Gasteiger partial charge in [0.25, 0.3) is 0 Å². The van der Waals surface area contributed by atoms with Crippen molar-refractivity contribution in [1.29, 1.82) is 0 Å². The summed E-state index contributed by atoms with van der Waals surface area (Å²) in [5, 5.41) is 1.00. The zero-order chi connectivity index (χ0) is 15.3. The van der Waals surface area contributed by atoms with E-state index < -0.39 is 10.1 Å². The topological polar surface area (TPSA) is 60.4 Å². The van der Waals surface area contributed by atoms with Gasteiger partial charge in [0.05, 0.1) is 5.41 Å². The Kier molecular flexibility index (Phi) is 4.55. The van der Waals surface area contributed by atoms with Crippen LogP contribution in [0.3, 0.4) is 0 Å². The van der Waals surface area contributed by atoms with Crippen molar-refractivity contribution in [3.63, 3.8) is 0 Å². The molecule has 5 heteroatoms. The van der Waals surface area contributed by atoms with Gasteiger partial charge in [-0.2, -0.15) is 8.42 Å². The van der Waals surface area contributed by atoms with E-state index in [1.165, 1.54) is 37.3 Å². The van der Waals surface area contributed by atoms with Crippen LogP contribution in [-0.4, -0.2) is 14.2 Å². The van der Waals surface area contributed by atoms with E-state index in [-0.39, 0.29) is 11.5 Å². The molecule has 0 spiro atoms. The van der Waals surface area contributed by atoms with E-state index in [0.717, 1.165) is 11.0 Å². The molecule has 0 radical (unpaired) electrons. The molecule has 0 aromatic heterocycles. The molecule has 0 heterocycles. The molecule has 2 aromatic carbocycles. The van der Waals surface area contributed by atoms with Crippen LogP contribution in [0.1, 0.15) is 22.8 Å². The summed E-state index contributed by atoms with van der Waals surface area (Å²) in [6.45, 7) is 1.44. The van der Waals surface area contributed by atoms with Gasteiger partial charge >= 0.3 is 10.1 Å². The molecule has 0 saturated heterocycles. The average molecular weight is 302 g/mol. The second kappa shape index (κ2) is 6.37. The summed E-state index contributed by atoms with van der Waals surface area (Å²) in [5.41, 5.74) is 1.26. The minimum absolute atomic E-state index is 0.0895. The maximum atomic E-state index is 11.8. The second-order valence-corrected chi connectivity index (χ2v) is 5.79. The normalized spacial score (nSPS) is 11.5. The molecule has 0 N–H and O–H groups in total. The van der Waals surface area contributed by atoms with Crippen LogP contribution in [-0.2, 0) is 10.1 Å². The number of carbonyl (C=O) groups excluding carboxylic acids is 1. The molecular formula is C16H14O4S. The highest BCUT2D eigenvalue weighted by Gasteiger charge is 2.08. The molecule has 4 nitrogen and oxygen atoms in total. The van der Waals surface area contributed by atoms with Crippen LogP contribution in [0.4, 0.5) is 0 Å². The van der Waals surface area contributed by atoms with Gasteiger partial charge in [-0.1, -0.05) is 30.3 Å². The molecule has 0 unspecified atom stereocenters. The Labute approximate surface area is 123 Å². The number of carbonyl (C=O) groups is 1. The van der Waals surface area contributed by atoms with Crippen LogP contribution >= 0.6 is 0 Å². The molecule has 0 aliphatic rings. The van der Waals surface area contributed by atoms with Gasteiger partial charge in [0.2, 0.25) is 0 Å². The van der Waals surface area contributed by atoms with Gasteiger partial charge in [0.15, 0.2) is 5.78 Å². The quantitative estimate of drug-likeness (QED) is 0.628. The third-order valence-corrected chi connectivity index (χ3v) is 3.59. The van der Waals surface area contributed by atoms with Crippen LogP contribution < -0.4 is 4.18 Å². The monoisotopic (exact) mass is 302 g/mol. The van der Waals surface area contributed by atoms with Crippen molar-refractivity contribution in [1.82, 2.24) is 0 Å². The summed E-state index contributed by atoms with van der Waals surface area (Å²) < 4.78 is 28.6. The summed E-state index contributed by atoms with van der Waals surface area (Å²) >= 11 is 0. The first-order valence-corrected chi connectivity index (χ1v) is 7.72. The Bertz CT molecular complexity index is 745. The first-order chi connectivity index (χ1) is 9.96. The Hall–Kier alpha value is -2.40. The molecular weight excluding hydrogens is 288 g/mol. The molecule has 0 fully saturated rings. The number of benzene rings is 2. The van der Waals surface area contributed by atoms with Crippen molar-refractivity contribution < 1.29 is 17.4 Å². The Morgan fingerprint density at radius 2 is 1.62 bits per heavy atom. The highest BCUT2D eigenvalue weighted by Crippen LogP contribution is 2.16. The standard InChI is InChI=1S/C16H14O4S/c1-13(17)15-7-9-16(10-8-15)20-21(18,19)12-11-14-5-3-2-4-6-14/h2-12H,1H3. The largest absolute Gasteiger partial charge is 0.379 e. The Morgan fingerprint density at radius 1 is 1.00 bits per heavy atom. The smallest absolute Gasteiger partial charge is 0.332 e. The maximum Gasteiger partial charge on any atom is 0.332 e. The van der Waals surface area contributed by atoms with Crippen molar-refractivity contribution in [2.24, 2.45) is 0 Å². The predicted octanol–water partition coefficient (Wildman–Crippen LogP) is 3.27. The summed E-state index contributed by atoms with van der Waals surface area (Å²) in [6, 6.07) is 15.0. The Balaban J connectivity index is 2.10. The predicted molar refractivity (Wildman–Crippen MR) is 81.5 cm³/mol. The second-order valence-electron chi connectivity index (χ2n) is 4.37. The first-order valence-electron chi connectivity index (χ1n) is 6.25. The molecule has 0 aliphatic carbocycles. The molecule has 0 bridgehead atoms. The van der Waals surface area contributed by atoms with Crippen LogP contribution in [0.2, 0.25) is 0 Å². The van der Waals surface area contributed by atoms with Gasteiger partial charge in [-0.15, -0.1) is 0 Å². The fraction of sp³-hybridized carbons (Fsp3) is 0.0625. The number of ketones is 1. The number of hydrogen-bond acceptors (Lipinski definition) is 4. The molecule has 0 aliphatic heterocycles. The van der Waals surface area contributed by atoms with Crippen molar-refractivity contribution in [3.05, 3.63) is 71.1 Å². The van der Waals surface area contributed by atoms with Crippen LogP contribution in [0.25, 0.3) is 6.08 Å². The zero-order valence-electron chi connectivity index (χ0n) is 11.4. The molecule has 2 rings (SSSR count). The lowest BCUT2D eigenvalue weighted by Gasteiger charge is -2.03. The van der Waals surface area contributed by atoms with E-state index in [1.807, 2.05) is 18.2 Å². The lowest BCUT2D eigenvalue weighted by Crippen LogP contribution is -2.05. The SMILES string of the molecule is CC(=O)c1ccc(OS(=O)(=O)C=Cc2ccccc2)cc1. The van der Waals surface area contributed by atoms with Gasteiger partial charge in [-0.05, 0) is 42.8 Å². The third-order valence-electron chi connectivity index (χ3n) is 2.70. The molecule has 2 aromatic rings. The van der Waals surface area contributed by atoms with Gasteiger partial charge in [0, 0.05) is 5.56 Å². The summed E-state index contributed by atoms with van der Waals surface area (Å²) in [5.74, 6) is 0.0751. The van der Waals surface area contributed by atoms with Gasteiger partial charge < -0.3 is 4.18 Å². The van der Waals surface area contributed by atoms with Crippen molar-refractivity contribution in [3.8, 4) is 5.75 Å². The van der Waals surface area contributed by atoms with Crippen LogP contribution in [0.15, 0.2) is 60.0 Å². The minimum Gasteiger partial charge on any atom is -0.379 e. The molecule has 108 valence electrons. The molecule has 0 amide bonds. The fourth-order valence-electron chi connectivity index (χ4n) is 1.63. The van der Waals surface area contributed by atoms with E-state index in [2.05, 4.69) is 0 Å². The van der Waals surface area contributed by atoms with E-state index in [0.29, 0.717) is 5.56 Å². The van der Waals surface area contributed by atoms with Gasteiger partial charge in [-0.3, -0.25) is 4.79 Å². The summed E-state index contributed by atoms with van der Waals surface area (Å²) in [6.07, 6.45) is 1.46. The molecule has 21 heavy (non-hydrogen) atoms. The van der Waals surface area contributed by atoms with Crippen molar-refractivity contribution in [2.75, 3.05) is 0 Å². The Morgan fingerprint density at radius 3 is 2.19 bits per heavy atom. The lowest BCUT2D eigenvalue weighted by molar-refractivity contribution is 0.101. The number of hydrogen-bond donors (Lipinski definition) is 0. The van der Waals surface area contributed by atoms with Crippen molar-refractivity contribution in [2.45, 2.75) is 6.92 Å².